The minimum Gasteiger partial charge on any atom is -0.314 e. The molecule has 1 heterocycles. The first-order valence-corrected chi connectivity index (χ1v) is 8.15. The molecule has 17 heavy (non-hydrogen) atoms. The second kappa shape index (κ2) is 6.91. The lowest BCUT2D eigenvalue weighted by Gasteiger charge is -2.32. The van der Waals surface area contributed by atoms with Crippen molar-refractivity contribution in [3.63, 3.8) is 0 Å². The fourth-order valence-corrected chi connectivity index (χ4v) is 3.67. The van der Waals surface area contributed by atoms with Gasteiger partial charge in [0.1, 0.15) is 0 Å². The van der Waals surface area contributed by atoms with E-state index in [-0.39, 0.29) is 0 Å². The van der Waals surface area contributed by atoms with Crippen LogP contribution in [0.1, 0.15) is 45.4 Å². The van der Waals surface area contributed by atoms with Crippen LogP contribution in [-0.2, 0) is 6.42 Å². The van der Waals surface area contributed by atoms with Crippen molar-refractivity contribution in [2.45, 2.75) is 53.0 Å². The van der Waals surface area contributed by atoms with E-state index in [9.17, 15) is 0 Å². The average molecular weight is 318 g/mol. The van der Waals surface area contributed by atoms with Gasteiger partial charge in [0.15, 0.2) is 0 Å². The van der Waals surface area contributed by atoms with Gasteiger partial charge in [-0.1, -0.05) is 27.7 Å². The monoisotopic (exact) mass is 317 g/mol. The first-order chi connectivity index (χ1) is 8.01. The molecular formula is C14H24BrNS. The topological polar surface area (TPSA) is 12.0 Å². The predicted molar refractivity (Wildman–Crippen MR) is 81.9 cm³/mol. The number of thiophene rings is 1. The average Bonchev–Trinajstić information content (AvgIpc) is 2.70. The highest BCUT2D eigenvalue weighted by atomic mass is 79.9. The van der Waals surface area contributed by atoms with Crippen LogP contribution in [0, 0.1) is 5.41 Å². The second-order valence-corrected chi connectivity index (χ2v) is 7.06. The van der Waals surface area contributed by atoms with Gasteiger partial charge in [-0.3, -0.25) is 0 Å². The summed E-state index contributed by atoms with van der Waals surface area (Å²) in [4.78, 5) is 1.49. The van der Waals surface area contributed by atoms with E-state index >= 15 is 0 Å². The van der Waals surface area contributed by atoms with Crippen LogP contribution in [0.25, 0.3) is 0 Å². The normalized spacial score (nSPS) is 12.4. The summed E-state index contributed by atoms with van der Waals surface area (Å²) in [5.41, 5.74) is 0.411. The maximum Gasteiger partial charge on any atom is 0.0285 e. The summed E-state index contributed by atoms with van der Waals surface area (Å²) in [5, 5.41) is 5.79. The van der Waals surface area contributed by atoms with Gasteiger partial charge in [-0.25, -0.2) is 0 Å². The number of nitrogens with one attached hydrogen (secondary N) is 1. The van der Waals surface area contributed by atoms with Crippen LogP contribution in [0.4, 0.5) is 0 Å². The van der Waals surface area contributed by atoms with Crippen LogP contribution < -0.4 is 5.32 Å². The van der Waals surface area contributed by atoms with Crippen molar-refractivity contribution in [2.24, 2.45) is 5.41 Å². The molecule has 0 saturated carbocycles. The summed E-state index contributed by atoms with van der Waals surface area (Å²) in [6, 6.07) is 2.84. The fraction of sp³-hybridized carbons (Fsp3) is 0.714. The number of hydrogen-bond acceptors (Lipinski definition) is 2. The molecule has 0 unspecified atom stereocenters. The summed E-state index contributed by atoms with van der Waals surface area (Å²) in [6.45, 7) is 10.2. The van der Waals surface area contributed by atoms with Gasteiger partial charge in [-0.15, -0.1) is 11.3 Å². The molecule has 0 atom stereocenters. The van der Waals surface area contributed by atoms with Crippen LogP contribution in [0.5, 0.6) is 0 Å². The molecule has 0 bridgehead atoms. The lowest BCUT2D eigenvalue weighted by Crippen LogP contribution is -2.38. The summed E-state index contributed by atoms with van der Waals surface area (Å²) in [6.07, 6.45) is 3.66. The van der Waals surface area contributed by atoms with Crippen molar-refractivity contribution in [3.05, 3.63) is 20.8 Å². The molecule has 0 amide bonds. The summed E-state index contributed by atoms with van der Waals surface area (Å²) < 4.78 is 1.22. The number of rotatable bonds is 7. The third-order valence-corrected chi connectivity index (χ3v) is 5.25. The Hall–Kier alpha value is 0.140. The highest BCUT2D eigenvalue weighted by Gasteiger charge is 2.27. The van der Waals surface area contributed by atoms with E-state index in [0.29, 0.717) is 11.5 Å². The molecule has 1 nitrogen and oxygen atoms in total. The highest BCUT2D eigenvalue weighted by Crippen LogP contribution is 2.33. The van der Waals surface area contributed by atoms with E-state index in [1.54, 1.807) is 0 Å². The molecule has 0 aromatic carbocycles. The molecule has 0 saturated heterocycles. The number of hydrogen-bond donors (Lipinski definition) is 1. The zero-order valence-corrected chi connectivity index (χ0v) is 13.7. The largest absolute Gasteiger partial charge is 0.314 e. The van der Waals surface area contributed by atoms with Crippen LogP contribution in [-0.4, -0.2) is 12.6 Å². The molecular weight excluding hydrogens is 294 g/mol. The minimum absolute atomic E-state index is 0.411. The molecule has 1 rings (SSSR count). The molecule has 0 aliphatic rings. The van der Waals surface area contributed by atoms with E-state index in [4.69, 9.17) is 0 Å². The Balaban J connectivity index is 2.69. The summed E-state index contributed by atoms with van der Waals surface area (Å²) in [5.74, 6) is 0. The van der Waals surface area contributed by atoms with E-state index in [1.807, 2.05) is 11.3 Å². The quantitative estimate of drug-likeness (QED) is 0.757. The van der Waals surface area contributed by atoms with Crippen molar-refractivity contribution >= 4 is 27.3 Å². The van der Waals surface area contributed by atoms with Crippen LogP contribution >= 0.6 is 27.3 Å². The smallest absolute Gasteiger partial charge is 0.0285 e. The molecule has 0 fully saturated rings. The third-order valence-electron chi connectivity index (χ3n) is 3.56. The standard InChI is InChI=1S/C14H24BrNS/c1-5-14(6-2,10-16-11(3)4)8-13-7-12(15)9-17-13/h7,9,11,16H,5-6,8,10H2,1-4H3. The Kier molecular flexibility index (Phi) is 6.18. The van der Waals surface area contributed by atoms with Gasteiger partial charge < -0.3 is 5.32 Å². The molecule has 1 aromatic heterocycles. The summed E-state index contributed by atoms with van der Waals surface area (Å²) in [7, 11) is 0. The Morgan fingerprint density at radius 3 is 2.41 bits per heavy atom. The van der Waals surface area contributed by atoms with Crippen LogP contribution in [0.2, 0.25) is 0 Å². The SMILES string of the molecule is CCC(CC)(CNC(C)C)Cc1cc(Br)cs1. The Morgan fingerprint density at radius 1 is 1.35 bits per heavy atom. The third kappa shape index (κ3) is 4.72. The summed E-state index contributed by atoms with van der Waals surface area (Å²) >= 11 is 5.41. The highest BCUT2D eigenvalue weighted by molar-refractivity contribution is 9.10. The van der Waals surface area contributed by atoms with Crippen molar-refractivity contribution < 1.29 is 0 Å². The zero-order valence-electron chi connectivity index (χ0n) is 11.3. The molecule has 1 N–H and O–H groups in total. The molecule has 1 aromatic rings. The first-order valence-electron chi connectivity index (χ1n) is 6.47. The van der Waals surface area contributed by atoms with E-state index in [0.717, 1.165) is 6.54 Å². The predicted octanol–water partition coefficient (Wildman–Crippen LogP) is 4.86. The van der Waals surface area contributed by atoms with Crippen molar-refractivity contribution in [1.29, 1.82) is 0 Å². The molecule has 98 valence electrons. The van der Waals surface area contributed by atoms with Crippen LogP contribution in [0.15, 0.2) is 15.9 Å². The second-order valence-electron chi connectivity index (χ2n) is 5.15. The van der Waals surface area contributed by atoms with E-state index < -0.39 is 0 Å². The lowest BCUT2D eigenvalue weighted by molar-refractivity contribution is 0.241. The molecule has 0 aliphatic carbocycles. The maximum absolute atomic E-state index is 3.61. The van der Waals surface area contributed by atoms with Gasteiger partial charge >= 0.3 is 0 Å². The lowest BCUT2D eigenvalue weighted by atomic mass is 9.78. The van der Waals surface area contributed by atoms with Crippen molar-refractivity contribution in [1.82, 2.24) is 5.32 Å². The van der Waals surface area contributed by atoms with Gasteiger partial charge in [-0.05, 0) is 46.7 Å². The molecule has 0 radical (unpaired) electrons. The molecule has 0 aliphatic heterocycles. The molecule has 0 spiro atoms. The first kappa shape index (κ1) is 15.2. The Bertz CT molecular complexity index is 329. The van der Waals surface area contributed by atoms with Gasteiger partial charge in [0.25, 0.3) is 0 Å². The van der Waals surface area contributed by atoms with E-state index in [2.05, 4.69) is 60.4 Å². The molecule has 3 heteroatoms. The maximum atomic E-state index is 3.61. The fourth-order valence-electron chi connectivity index (χ4n) is 2.05. The van der Waals surface area contributed by atoms with Crippen molar-refractivity contribution in [3.8, 4) is 0 Å². The van der Waals surface area contributed by atoms with E-state index in [1.165, 1.54) is 28.6 Å². The van der Waals surface area contributed by atoms with Crippen LogP contribution in [0.3, 0.4) is 0 Å². The van der Waals surface area contributed by atoms with Gasteiger partial charge in [0.2, 0.25) is 0 Å². The zero-order chi connectivity index (χ0) is 12.9. The Morgan fingerprint density at radius 2 is 2.00 bits per heavy atom. The minimum atomic E-state index is 0.411. The van der Waals surface area contributed by atoms with Crippen molar-refractivity contribution in [2.75, 3.05) is 6.54 Å². The van der Waals surface area contributed by atoms with Gasteiger partial charge in [-0.2, -0.15) is 0 Å². The van der Waals surface area contributed by atoms with Gasteiger partial charge in [0.05, 0.1) is 0 Å². The Labute approximate surface area is 118 Å². The number of halogens is 1. The van der Waals surface area contributed by atoms with Gasteiger partial charge in [0, 0.05) is 27.3 Å².